The standard InChI is InChI=1S/C13H25N3O2Si/c1-13(2,3)19(4,5)18-7-10-6-12(14)16(15-10)11-8-17-9-11/h6,11H,7-9,14H2,1-5H3. The molecule has 1 aromatic rings. The Labute approximate surface area is 116 Å². The number of nitrogen functional groups attached to an aromatic ring is 1. The van der Waals surface area contributed by atoms with Gasteiger partial charge in [0.2, 0.25) is 0 Å². The van der Waals surface area contributed by atoms with Gasteiger partial charge in [0.1, 0.15) is 11.9 Å². The van der Waals surface area contributed by atoms with Crippen LogP contribution in [0.4, 0.5) is 5.82 Å². The van der Waals surface area contributed by atoms with Gasteiger partial charge in [-0.15, -0.1) is 0 Å². The second-order valence-corrected chi connectivity index (χ2v) is 11.6. The number of nitrogens with zero attached hydrogens (tertiary/aromatic N) is 2. The van der Waals surface area contributed by atoms with Crippen molar-refractivity contribution in [3.8, 4) is 0 Å². The maximum atomic E-state index is 6.16. The van der Waals surface area contributed by atoms with Crippen LogP contribution in [-0.4, -0.2) is 31.3 Å². The van der Waals surface area contributed by atoms with Gasteiger partial charge in [0.05, 0.1) is 25.5 Å². The summed E-state index contributed by atoms with van der Waals surface area (Å²) in [6.07, 6.45) is 0. The summed E-state index contributed by atoms with van der Waals surface area (Å²) in [6.45, 7) is 13.1. The molecule has 2 rings (SSSR count). The SMILES string of the molecule is CC(C)(C)[Si](C)(C)OCc1cc(N)n(C2COC2)n1. The molecule has 5 nitrogen and oxygen atoms in total. The number of anilines is 1. The third kappa shape index (κ3) is 3.01. The molecule has 0 saturated carbocycles. The van der Waals surface area contributed by atoms with Crippen LogP contribution in [-0.2, 0) is 15.8 Å². The number of hydrogen-bond acceptors (Lipinski definition) is 4. The lowest BCUT2D eigenvalue weighted by Crippen LogP contribution is -2.40. The van der Waals surface area contributed by atoms with E-state index in [4.69, 9.17) is 14.9 Å². The van der Waals surface area contributed by atoms with Gasteiger partial charge in [0, 0.05) is 6.07 Å². The van der Waals surface area contributed by atoms with Crippen molar-refractivity contribution in [3.05, 3.63) is 11.8 Å². The van der Waals surface area contributed by atoms with Crippen LogP contribution < -0.4 is 5.73 Å². The van der Waals surface area contributed by atoms with Crippen molar-refractivity contribution >= 4 is 14.1 Å². The third-order valence-electron chi connectivity index (χ3n) is 4.17. The zero-order chi connectivity index (χ0) is 14.3. The molecule has 1 aromatic heterocycles. The summed E-state index contributed by atoms with van der Waals surface area (Å²) < 4.78 is 13.2. The Hall–Kier alpha value is -0.853. The Morgan fingerprint density at radius 2 is 2.11 bits per heavy atom. The van der Waals surface area contributed by atoms with Crippen molar-refractivity contribution in [2.75, 3.05) is 18.9 Å². The van der Waals surface area contributed by atoms with Gasteiger partial charge in [-0.05, 0) is 18.1 Å². The van der Waals surface area contributed by atoms with E-state index in [1.165, 1.54) is 0 Å². The van der Waals surface area contributed by atoms with E-state index in [0.29, 0.717) is 31.7 Å². The highest BCUT2D eigenvalue weighted by Crippen LogP contribution is 2.37. The predicted octanol–water partition coefficient (Wildman–Crippen LogP) is 2.56. The second kappa shape index (κ2) is 4.92. The van der Waals surface area contributed by atoms with Crippen LogP contribution in [0.3, 0.4) is 0 Å². The highest BCUT2D eigenvalue weighted by molar-refractivity contribution is 6.74. The molecule has 0 amide bonds. The lowest BCUT2D eigenvalue weighted by Gasteiger charge is -2.35. The van der Waals surface area contributed by atoms with Gasteiger partial charge in [-0.1, -0.05) is 20.8 Å². The molecule has 19 heavy (non-hydrogen) atoms. The van der Waals surface area contributed by atoms with Gasteiger partial charge in [0.15, 0.2) is 8.32 Å². The van der Waals surface area contributed by atoms with Gasteiger partial charge < -0.3 is 14.9 Å². The molecule has 1 aliphatic rings. The Morgan fingerprint density at radius 3 is 2.58 bits per heavy atom. The fourth-order valence-electron chi connectivity index (χ4n) is 1.66. The summed E-state index contributed by atoms with van der Waals surface area (Å²) in [5, 5.41) is 4.74. The van der Waals surface area contributed by atoms with E-state index < -0.39 is 8.32 Å². The second-order valence-electron chi connectivity index (χ2n) is 6.75. The molecular formula is C13H25N3O2Si. The quantitative estimate of drug-likeness (QED) is 0.863. The lowest BCUT2D eigenvalue weighted by atomic mass is 10.2. The van der Waals surface area contributed by atoms with Crippen LogP contribution in [0.1, 0.15) is 32.5 Å². The first-order valence-electron chi connectivity index (χ1n) is 6.76. The first kappa shape index (κ1) is 14.6. The Morgan fingerprint density at radius 1 is 1.47 bits per heavy atom. The van der Waals surface area contributed by atoms with Crippen LogP contribution >= 0.6 is 0 Å². The largest absolute Gasteiger partial charge is 0.411 e. The third-order valence-corrected chi connectivity index (χ3v) is 8.65. The predicted molar refractivity (Wildman–Crippen MR) is 78.5 cm³/mol. The smallest absolute Gasteiger partial charge is 0.192 e. The minimum atomic E-state index is -1.73. The first-order chi connectivity index (χ1) is 8.71. The van der Waals surface area contributed by atoms with E-state index >= 15 is 0 Å². The molecule has 0 spiro atoms. The van der Waals surface area contributed by atoms with Gasteiger partial charge in [-0.25, -0.2) is 4.68 Å². The Bertz CT molecular complexity index is 447. The molecule has 0 aliphatic carbocycles. The summed E-state index contributed by atoms with van der Waals surface area (Å²) >= 11 is 0. The van der Waals surface area contributed by atoms with E-state index in [1.54, 1.807) is 0 Å². The van der Waals surface area contributed by atoms with Crippen LogP contribution in [0.25, 0.3) is 0 Å². The average molecular weight is 283 g/mol. The summed E-state index contributed by atoms with van der Waals surface area (Å²) in [7, 11) is -1.73. The minimum Gasteiger partial charge on any atom is -0.411 e. The minimum absolute atomic E-state index is 0.211. The van der Waals surface area contributed by atoms with Gasteiger partial charge in [0.25, 0.3) is 0 Å². The maximum Gasteiger partial charge on any atom is 0.192 e. The Balaban J connectivity index is 2.00. The molecule has 1 aliphatic heterocycles. The van der Waals surface area contributed by atoms with E-state index in [1.807, 2.05) is 10.7 Å². The zero-order valence-corrected chi connectivity index (χ0v) is 13.6. The van der Waals surface area contributed by atoms with Crippen molar-refractivity contribution in [1.29, 1.82) is 0 Å². The van der Waals surface area contributed by atoms with Crippen molar-refractivity contribution in [2.24, 2.45) is 0 Å². The van der Waals surface area contributed by atoms with E-state index in [-0.39, 0.29) is 5.04 Å². The molecule has 0 unspecified atom stereocenters. The van der Waals surface area contributed by atoms with Crippen LogP contribution in [0.5, 0.6) is 0 Å². The van der Waals surface area contributed by atoms with Crippen LogP contribution in [0, 0.1) is 0 Å². The fourth-order valence-corrected chi connectivity index (χ4v) is 2.60. The molecule has 1 fully saturated rings. The number of aromatic nitrogens is 2. The molecule has 2 N–H and O–H groups in total. The van der Waals surface area contributed by atoms with Crippen LogP contribution in [0.15, 0.2) is 6.07 Å². The molecular weight excluding hydrogens is 258 g/mol. The average Bonchev–Trinajstić information content (AvgIpc) is 2.53. The molecule has 0 radical (unpaired) electrons. The molecule has 0 bridgehead atoms. The first-order valence-corrected chi connectivity index (χ1v) is 9.67. The van der Waals surface area contributed by atoms with Crippen molar-refractivity contribution in [3.63, 3.8) is 0 Å². The summed E-state index contributed by atoms with van der Waals surface area (Å²) in [6, 6.07) is 2.20. The monoisotopic (exact) mass is 283 g/mol. The molecule has 1 saturated heterocycles. The van der Waals surface area contributed by atoms with Crippen molar-refractivity contribution in [2.45, 2.75) is 51.6 Å². The topological polar surface area (TPSA) is 62.3 Å². The highest BCUT2D eigenvalue weighted by Gasteiger charge is 2.37. The molecule has 0 aromatic carbocycles. The maximum absolute atomic E-state index is 6.16. The molecule has 108 valence electrons. The van der Waals surface area contributed by atoms with E-state index in [2.05, 4.69) is 39.0 Å². The highest BCUT2D eigenvalue weighted by atomic mass is 28.4. The normalized spacial score (nSPS) is 17.5. The number of hydrogen-bond donors (Lipinski definition) is 1. The Kier molecular flexibility index (Phi) is 3.77. The summed E-state index contributed by atoms with van der Waals surface area (Å²) in [5.74, 6) is 0.696. The number of ether oxygens (including phenoxy) is 1. The summed E-state index contributed by atoms with van der Waals surface area (Å²) in [4.78, 5) is 0. The van der Waals surface area contributed by atoms with Gasteiger partial charge in [-0.3, -0.25) is 0 Å². The lowest BCUT2D eigenvalue weighted by molar-refractivity contribution is -0.0278. The van der Waals surface area contributed by atoms with E-state index in [9.17, 15) is 0 Å². The van der Waals surface area contributed by atoms with E-state index in [0.717, 1.165) is 5.69 Å². The number of rotatable bonds is 4. The molecule has 2 heterocycles. The molecule has 6 heteroatoms. The van der Waals surface area contributed by atoms with Crippen molar-refractivity contribution in [1.82, 2.24) is 9.78 Å². The number of nitrogens with two attached hydrogens (primary N) is 1. The van der Waals surface area contributed by atoms with Gasteiger partial charge >= 0.3 is 0 Å². The zero-order valence-electron chi connectivity index (χ0n) is 12.6. The fraction of sp³-hybridized carbons (Fsp3) is 0.769. The summed E-state index contributed by atoms with van der Waals surface area (Å²) in [5.41, 5.74) is 6.89. The van der Waals surface area contributed by atoms with Crippen LogP contribution in [0.2, 0.25) is 18.1 Å². The van der Waals surface area contributed by atoms with Crippen molar-refractivity contribution < 1.29 is 9.16 Å². The van der Waals surface area contributed by atoms with Gasteiger partial charge in [-0.2, -0.15) is 5.10 Å². The molecule has 0 atom stereocenters.